The summed E-state index contributed by atoms with van der Waals surface area (Å²) < 4.78 is 35.0. The van der Waals surface area contributed by atoms with E-state index >= 15 is 0 Å². The number of sulfonamides is 1. The number of nitrogens with zero attached hydrogens (tertiary/aromatic N) is 3. The second-order valence-corrected chi connectivity index (χ2v) is 7.88. The fraction of sp³-hybridized carbons (Fsp3) is 0.471. The minimum absolute atomic E-state index is 0.00362. The number of hydrogen-bond donors (Lipinski definition) is 0. The van der Waals surface area contributed by atoms with Crippen molar-refractivity contribution in [2.75, 3.05) is 19.8 Å². The highest BCUT2D eigenvalue weighted by Gasteiger charge is 2.37. The molecule has 0 bridgehead atoms. The molecule has 130 valence electrons. The van der Waals surface area contributed by atoms with Gasteiger partial charge in [-0.25, -0.2) is 8.42 Å². The average Bonchev–Trinajstić information content (AvgIpc) is 2.94. The van der Waals surface area contributed by atoms with Crippen LogP contribution >= 0.6 is 0 Å². The molecule has 1 aromatic heterocycles. The first-order valence-electron chi connectivity index (χ1n) is 8.15. The maximum atomic E-state index is 13.0. The van der Waals surface area contributed by atoms with Gasteiger partial charge in [0.15, 0.2) is 0 Å². The molecule has 1 aliphatic heterocycles. The molecule has 6 nitrogen and oxygen atoms in total. The van der Waals surface area contributed by atoms with Crippen molar-refractivity contribution < 1.29 is 13.2 Å². The fourth-order valence-corrected chi connectivity index (χ4v) is 4.93. The molecule has 1 unspecified atom stereocenters. The topological polar surface area (TPSA) is 64.4 Å². The Kier molecular flexibility index (Phi) is 5.03. The predicted octanol–water partition coefficient (Wildman–Crippen LogP) is 1.89. The van der Waals surface area contributed by atoms with Crippen LogP contribution in [0.4, 0.5) is 0 Å². The van der Waals surface area contributed by atoms with Gasteiger partial charge in [0, 0.05) is 20.2 Å². The third-order valence-corrected chi connectivity index (χ3v) is 6.21. The molecule has 0 spiro atoms. The van der Waals surface area contributed by atoms with Crippen LogP contribution in [0.2, 0.25) is 0 Å². The molecule has 2 heterocycles. The normalized spacial score (nSPS) is 18.5. The summed E-state index contributed by atoms with van der Waals surface area (Å²) in [5.74, 6) is 0.00362. The van der Waals surface area contributed by atoms with E-state index in [1.807, 2.05) is 50.5 Å². The molecule has 0 amide bonds. The molecule has 0 saturated carbocycles. The van der Waals surface area contributed by atoms with Gasteiger partial charge in [0.05, 0.1) is 30.3 Å². The summed E-state index contributed by atoms with van der Waals surface area (Å²) in [6.45, 7) is 3.27. The van der Waals surface area contributed by atoms with Gasteiger partial charge in [-0.1, -0.05) is 30.3 Å². The van der Waals surface area contributed by atoms with E-state index in [0.717, 1.165) is 16.8 Å². The Morgan fingerprint density at radius 3 is 2.75 bits per heavy atom. The van der Waals surface area contributed by atoms with Crippen molar-refractivity contribution in [3.8, 4) is 0 Å². The molecule has 3 rings (SSSR count). The van der Waals surface area contributed by atoms with E-state index < -0.39 is 10.0 Å². The summed E-state index contributed by atoms with van der Waals surface area (Å²) >= 11 is 0. The first kappa shape index (κ1) is 17.1. The van der Waals surface area contributed by atoms with Crippen LogP contribution in [0.1, 0.15) is 29.8 Å². The highest BCUT2D eigenvalue weighted by molar-refractivity contribution is 7.88. The van der Waals surface area contributed by atoms with E-state index in [4.69, 9.17) is 4.74 Å². The average molecular weight is 349 g/mol. The quantitative estimate of drug-likeness (QED) is 0.799. The van der Waals surface area contributed by atoms with Crippen LogP contribution in [-0.4, -0.2) is 42.3 Å². The van der Waals surface area contributed by atoms with Crippen molar-refractivity contribution in [2.45, 2.75) is 25.1 Å². The minimum atomic E-state index is -3.44. The summed E-state index contributed by atoms with van der Waals surface area (Å²) in [6, 6.07) is 8.96. The van der Waals surface area contributed by atoms with Gasteiger partial charge in [0.1, 0.15) is 0 Å². The zero-order chi connectivity index (χ0) is 17.2. The van der Waals surface area contributed by atoms with Gasteiger partial charge in [-0.3, -0.25) is 4.68 Å². The van der Waals surface area contributed by atoms with E-state index in [-0.39, 0.29) is 11.8 Å². The standard InChI is InChI=1S/C17H23N3O3S/c1-3-23-12-16-17-15(11-18-19(17)2)9-10-20(16)24(21,22)13-14-7-5-4-6-8-14/h4-8,11,16H,3,9-10,12-13H2,1-2H3. The molecule has 2 aromatic rings. The van der Waals surface area contributed by atoms with Crippen molar-refractivity contribution in [1.29, 1.82) is 0 Å². The van der Waals surface area contributed by atoms with E-state index in [1.165, 1.54) is 0 Å². The summed E-state index contributed by atoms with van der Waals surface area (Å²) in [7, 11) is -1.59. The molecule has 1 aromatic carbocycles. The van der Waals surface area contributed by atoms with Gasteiger partial charge in [-0.2, -0.15) is 9.40 Å². The molecule has 0 saturated heterocycles. The number of benzene rings is 1. The Bertz CT molecular complexity index is 787. The predicted molar refractivity (Wildman–Crippen MR) is 91.9 cm³/mol. The van der Waals surface area contributed by atoms with Crippen molar-refractivity contribution >= 4 is 10.0 Å². The Morgan fingerprint density at radius 1 is 1.29 bits per heavy atom. The number of aryl methyl sites for hydroxylation is 1. The van der Waals surface area contributed by atoms with Crippen LogP contribution in [0.3, 0.4) is 0 Å². The molecule has 24 heavy (non-hydrogen) atoms. The van der Waals surface area contributed by atoms with Crippen molar-refractivity contribution in [2.24, 2.45) is 7.05 Å². The Morgan fingerprint density at radius 2 is 2.04 bits per heavy atom. The van der Waals surface area contributed by atoms with E-state index in [1.54, 1.807) is 8.99 Å². The SMILES string of the molecule is CCOCC1c2c(cnn2C)CCN1S(=O)(=O)Cc1ccccc1. The molecule has 1 aliphatic rings. The molecule has 0 fully saturated rings. The van der Waals surface area contributed by atoms with E-state index in [2.05, 4.69) is 5.10 Å². The third kappa shape index (κ3) is 3.38. The van der Waals surface area contributed by atoms with Crippen molar-refractivity contribution in [3.05, 3.63) is 53.3 Å². The summed E-state index contributed by atoms with van der Waals surface area (Å²) in [5, 5.41) is 4.30. The summed E-state index contributed by atoms with van der Waals surface area (Å²) in [4.78, 5) is 0. The largest absolute Gasteiger partial charge is 0.380 e. The molecular formula is C17H23N3O3S. The lowest BCUT2D eigenvalue weighted by atomic mass is 10.0. The van der Waals surface area contributed by atoms with Crippen LogP contribution in [0.5, 0.6) is 0 Å². The summed E-state index contributed by atoms with van der Waals surface area (Å²) in [5.41, 5.74) is 2.84. The first-order valence-corrected chi connectivity index (χ1v) is 9.76. The number of hydrogen-bond acceptors (Lipinski definition) is 4. The van der Waals surface area contributed by atoms with Crippen molar-refractivity contribution in [1.82, 2.24) is 14.1 Å². The number of ether oxygens (including phenoxy) is 1. The molecule has 7 heteroatoms. The zero-order valence-corrected chi connectivity index (χ0v) is 14.9. The third-order valence-electron chi connectivity index (χ3n) is 4.36. The highest BCUT2D eigenvalue weighted by Crippen LogP contribution is 2.32. The molecule has 0 radical (unpaired) electrons. The van der Waals surface area contributed by atoms with Crippen LogP contribution < -0.4 is 0 Å². The molecular weight excluding hydrogens is 326 g/mol. The smallest absolute Gasteiger partial charge is 0.218 e. The second-order valence-electron chi connectivity index (χ2n) is 5.96. The first-order chi connectivity index (χ1) is 11.5. The lowest BCUT2D eigenvalue weighted by Gasteiger charge is -2.35. The lowest BCUT2D eigenvalue weighted by Crippen LogP contribution is -2.43. The lowest BCUT2D eigenvalue weighted by molar-refractivity contribution is 0.0904. The molecule has 0 N–H and O–H groups in total. The van der Waals surface area contributed by atoms with E-state index in [9.17, 15) is 8.42 Å². The Balaban J connectivity index is 1.91. The zero-order valence-electron chi connectivity index (χ0n) is 14.1. The van der Waals surface area contributed by atoms with Gasteiger partial charge < -0.3 is 4.74 Å². The maximum Gasteiger partial charge on any atom is 0.218 e. The maximum absolute atomic E-state index is 13.0. The fourth-order valence-electron chi connectivity index (χ4n) is 3.23. The second kappa shape index (κ2) is 7.04. The van der Waals surface area contributed by atoms with Gasteiger partial charge in [-0.05, 0) is 24.5 Å². The number of rotatable bonds is 6. The monoisotopic (exact) mass is 349 g/mol. The van der Waals surface area contributed by atoms with Crippen molar-refractivity contribution in [3.63, 3.8) is 0 Å². The van der Waals surface area contributed by atoms with Crippen LogP contribution in [-0.2, 0) is 34.0 Å². The molecule has 0 aliphatic carbocycles. The highest BCUT2D eigenvalue weighted by atomic mass is 32.2. The van der Waals surface area contributed by atoms with Crippen LogP contribution in [0.25, 0.3) is 0 Å². The van der Waals surface area contributed by atoms with Crippen LogP contribution in [0, 0.1) is 0 Å². The summed E-state index contributed by atoms with van der Waals surface area (Å²) in [6.07, 6.45) is 2.51. The van der Waals surface area contributed by atoms with E-state index in [0.29, 0.717) is 26.2 Å². The van der Waals surface area contributed by atoms with Gasteiger partial charge in [0.2, 0.25) is 10.0 Å². The van der Waals surface area contributed by atoms with Gasteiger partial charge in [0.25, 0.3) is 0 Å². The minimum Gasteiger partial charge on any atom is -0.380 e. The Labute approximate surface area is 143 Å². The van der Waals surface area contributed by atoms with Crippen LogP contribution in [0.15, 0.2) is 36.5 Å². The number of fused-ring (bicyclic) bond motifs is 1. The molecule has 1 atom stereocenters. The Hall–Kier alpha value is -1.70. The van der Waals surface area contributed by atoms with Gasteiger partial charge in [-0.15, -0.1) is 0 Å². The van der Waals surface area contributed by atoms with Gasteiger partial charge >= 0.3 is 0 Å². The number of aromatic nitrogens is 2.